The molecular formula is C18H27N3. The van der Waals surface area contributed by atoms with E-state index < -0.39 is 0 Å². The molecule has 1 atom stereocenters. The van der Waals surface area contributed by atoms with Crippen molar-refractivity contribution in [1.29, 1.82) is 0 Å². The molecule has 4 rings (SSSR count). The highest BCUT2D eigenvalue weighted by Gasteiger charge is 2.56. The van der Waals surface area contributed by atoms with Crippen molar-refractivity contribution in [1.82, 2.24) is 9.80 Å². The fraction of sp³-hybridized carbons (Fsp3) is 0.667. The molecule has 3 nitrogen and oxygen atoms in total. The van der Waals surface area contributed by atoms with E-state index in [9.17, 15) is 0 Å². The van der Waals surface area contributed by atoms with Crippen LogP contribution in [0.1, 0.15) is 31.2 Å². The maximum absolute atomic E-state index is 6.19. The Bertz CT molecular complexity index is 480. The number of nitrogens with two attached hydrogens (primary N) is 1. The Labute approximate surface area is 128 Å². The average Bonchev–Trinajstić information content (AvgIpc) is 2.95. The van der Waals surface area contributed by atoms with Gasteiger partial charge in [-0.3, -0.25) is 9.80 Å². The number of rotatable bonds is 3. The molecule has 3 heteroatoms. The highest BCUT2D eigenvalue weighted by molar-refractivity contribution is 5.18. The van der Waals surface area contributed by atoms with E-state index in [2.05, 4.69) is 40.1 Å². The van der Waals surface area contributed by atoms with Gasteiger partial charge in [0.2, 0.25) is 0 Å². The molecular weight excluding hydrogens is 258 g/mol. The van der Waals surface area contributed by atoms with Gasteiger partial charge in [0.25, 0.3) is 0 Å². The van der Waals surface area contributed by atoms with Gasteiger partial charge in [-0.05, 0) is 44.2 Å². The molecule has 3 aliphatic rings. The lowest BCUT2D eigenvalue weighted by Crippen LogP contribution is -2.74. The first-order valence-electron chi connectivity index (χ1n) is 8.56. The van der Waals surface area contributed by atoms with E-state index in [1.54, 1.807) is 0 Å². The zero-order valence-corrected chi connectivity index (χ0v) is 12.9. The molecule has 0 radical (unpaired) electrons. The van der Waals surface area contributed by atoms with E-state index in [0.29, 0.717) is 11.6 Å². The summed E-state index contributed by atoms with van der Waals surface area (Å²) in [5.41, 5.74) is 8.06. The van der Waals surface area contributed by atoms with Gasteiger partial charge in [0.05, 0.1) is 0 Å². The minimum atomic E-state index is 0.406. The largest absolute Gasteiger partial charge is 0.328 e. The van der Waals surface area contributed by atoms with Crippen LogP contribution in [0.15, 0.2) is 30.3 Å². The molecule has 114 valence electrons. The van der Waals surface area contributed by atoms with E-state index in [1.165, 1.54) is 63.8 Å². The van der Waals surface area contributed by atoms with Gasteiger partial charge in [-0.15, -0.1) is 0 Å². The Morgan fingerprint density at radius 2 is 1.90 bits per heavy atom. The lowest BCUT2D eigenvalue weighted by molar-refractivity contribution is -0.0915. The molecule has 1 saturated carbocycles. The molecule has 0 bridgehead atoms. The summed E-state index contributed by atoms with van der Waals surface area (Å²) in [7, 11) is 0. The van der Waals surface area contributed by atoms with Gasteiger partial charge in [0.1, 0.15) is 0 Å². The summed E-state index contributed by atoms with van der Waals surface area (Å²) in [5, 5.41) is 0. The fourth-order valence-electron chi connectivity index (χ4n) is 5.01. The molecule has 0 amide bonds. The van der Waals surface area contributed by atoms with Gasteiger partial charge in [-0.25, -0.2) is 0 Å². The number of fused-ring (bicyclic) bond motifs is 2. The molecule has 2 saturated heterocycles. The maximum Gasteiger partial charge on any atom is 0.0394 e. The Morgan fingerprint density at radius 3 is 2.67 bits per heavy atom. The summed E-state index contributed by atoms with van der Waals surface area (Å²) in [6, 6.07) is 12.1. The topological polar surface area (TPSA) is 32.5 Å². The Morgan fingerprint density at radius 1 is 1.10 bits per heavy atom. The van der Waals surface area contributed by atoms with Gasteiger partial charge in [0, 0.05) is 37.3 Å². The Hall–Kier alpha value is -0.900. The van der Waals surface area contributed by atoms with Crippen molar-refractivity contribution in [2.45, 2.75) is 49.7 Å². The highest BCUT2D eigenvalue weighted by atomic mass is 15.4. The quantitative estimate of drug-likeness (QED) is 0.920. The van der Waals surface area contributed by atoms with Crippen LogP contribution >= 0.6 is 0 Å². The fourth-order valence-corrected chi connectivity index (χ4v) is 5.01. The molecule has 3 fully saturated rings. The smallest absolute Gasteiger partial charge is 0.0394 e. The number of nitrogens with zero attached hydrogens (tertiary/aromatic N) is 2. The van der Waals surface area contributed by atoms with Crippen LogP contribution in [0, 0.1) is 0 Å². The van der Waals surface area contributed by atoms with Crippen LogP contribution in [0.2, 0.25) is 0 Å². The predicted octanol–water partition coefficient (Wildman–Crippen LogP) is 1.87. The molecule has 1 spiro atoms. The van der Waals surface area contributed by atoms with E-state index in [1.807, 2.05) is 0 Å². The first-order chi connectivity index (χ1) is 10.3. The molecule has 2 N–H and O–H groups in total. The van der Waals surface area contributed by atoms with Gasteiger partial charge in [0.15, 0.2) is 0 Å². The van der Waals surface area contributed by atoms with Crippen molar-refractivity contribution in [2.24, 2.45) is 5.73 Å². The third-order valence-corrected chi connectivity index (χ3v) is 6.02. The third kappa shape index (κ3) is 2.32. The van der Waals surface area contributed by atoms with E-state index in [-0.39, 0.29) is 0 Å². The van der Waals surface area contributed by atoms with E-state index >= 15 is 0 Å². The molecule has 2 aliphatic heterocycles. The summed E-state index contributed by atoms with van der Waals surface area (Å²) in [6.45, 7) is 5.00. The van der Waals surface area contributed by atoms with Gasteiger partial charge < -0.3 is 5.73 Å². The van der Waals surface area contributed by atoms with Crippen molar-refractivity contribution >= 4 is 0 Å². The van der Waals surface area contributed by atoms with Gasteiger partial charge in [-0.2, -0.15) is 0 Å². The summed E-state index contributed by atoms with van der Waals surface area (Å²) in [4.78, 5) is 5.53. The predicted molar refractivity (Wildman–Crippen MR) is 86.3 cm³/mol. The highest BCUT2D eigenvalue weighted by Crippen LogP contribution is 2.47. The van der Waals surface area contributed by atoms with Crippen molar-refractivity contribution in [2.75, 3.05) is 26.2 Å². The van der Waals surface area contributed by atoms with Crippen LogP contribution in [-0.4, -0.2) is 53.6 Å². The number of benzene rings is 1. The second-order valence-electron chi connectivity index (χ2n) is 7.19. The lowest BCUT2D eigenvalue weighted by atomic mass is 9.65. The minimum absolute atomic E-state index is 0.406. The van der Waals surface area contributed by atoms with Crippen molar-refractivity contribution < 1.29 is 0 Å². The number of piperazine rings is 1. The third-order valence-electron chi connectivity index (χ3n) is 6.02. The average molecular weight is 285 g/mol. The summed E-state index contributed by atoms with van der Waals surface area (Å²) < 4.78 is 0. The van der Waals surface area contributed by atoms with Crippen molar-refractivity contribution in [3.8, 4) is 0 Å². The first-order valence-corrected chi connectivity index (χ1v) is 8.56. The van der Waals surface area contributed by atoms with Crippen LogP contribution in [0.5, 0.6) is 0 Å². The second-order valence-corrected chi connectivity index (χ2v) is 7.19. The van der Waals surface area contributed by atoms with Crippen LogP contribution in [0.25, 0.3) is 0 Å². The van der Waals surface area contributed by atoms with Crippen molar-refractivity contribution in [3.63, 3.8) is 0 Å². The summed E-state index contributed by atoms with van der Waals surface area (Å²) >= 11 is 0. The zero-order chi connectivity index (χ0) is 14.3. The SMILES string of the molecule is NC1CC2(C1)C1CCCN1CCN2CCc1ccccc1. The molecule has 1 aromatic carbocycles. The van der Waals surface area contributed by atoms with Gasteiger partial charge >= 0.3 is 0 Å². The van der Waals surface area contributed by atoms with Gasteiger partial charge in [-0.1, -0.05) is 30.3 Å². The number of hydrogen-bond donors (Lipinski definition) is 1. The zero-order valence-electron chi connectivity index (χ0n) is 12.9. The molecule has 1 aliphatic carbocycles. The molecule has 2 heterocycles. The minimum Gasteiger partial charge on any atom is -0.328 e. The van der Waals surface area contributed by atoms with Crippen LogP contribution in [-0.2, 0) is 6.42 Å². The van der Waals surface area contributed by atoms with E-state index in [4.69, 9.17) is 5.73 Å². The first kappa shape index (κ1) is 13.7. The monoisotopic (exact) mass is 285 g/mol. The standard InChI is InChI=1S/C18H27N3/c19-16-13-18(14-16)17-7-4-9-20(17)11-12-21(18)10-8-15-5-2-1-3-6-15/h1-3,5-6,16-17H,4,7-14,19H2. The van der Waals surface area contributed by atoms with Crippen molar-refractivity contribution in [3.05, 3.63) is 35.9 Å². The molecule has 21 heavy (non-hydrogen) atoms. The van der Waals surface area contributed by atoms with E-state index in [0.717, 1.165) is 6.04 Å². The second kappa shape index (κ2) is 5.38. The van der Waals surface area contributed by atoms with Crippen LogP contribution in [0.4, 0.5) is 0 Å². The normalized spacial score (nSPS) is 36.6. The Balaban J connectivity index is 1.48. The number of hydrogen-bond acceptors (Lipinski definition) is 3. The molecule has 1 aromatic rings. The lowest BCUT2D eigenvalue weighted by Gasteiger charge is -2.61. The Kier molecular flexibility index (Phi) is 3.52. The van der Waals surface area contributed by atoms with Crippen LogP contribution < -0.4 is 5.73 Å². The maximum atomic E-state index is 6.19. The molecule has 0 aromatic heterocycles. The summed E-state index contributed by atoms with van der Waals surface area (Å²) in [5.74, 6) is 0. The molecule has 1 unspecified atom stereocenters. The summed E-state index contributed by atoms with van der Waals surface area (Å²) in [6.07, 6.45) is 6.36. The van der Waals surface area contributed by atoms with Crippen LogP contribution in [0.3, 0.4) is 0 Å².